The van der Waals surface area contributed by atoms with E-state index < -0.39 is 0 Å². The molecular formula is C22H28N6. The molecule has 0 atom stereocenters. The van der Waals surface area contributed by atoms with E-state index in [-0.39, 0.29) is 0 Å². The molecule has 1 saturated heterocycles. The van der Waals surface area contributed by atoms with Gasteiger partial charge in [0, 0.05) is 56.5 Å². The number of fused-ring (bicyclic) bond motifs is 1. The third-order valence-corrected chi connectivity index (χ3v) is 5.29. The highest BCUT2D eigenvalue weighted by molar-refractivity contribution is 5.83. The molecule has 3 aromatic rings. The summed E-state index contributed by atoms with van der Waals surface area (Å²) in [4.78, 5) is 14.6. The molecule has 1 aromatic carbocycles. The fourth-order valence-corrected chi connectivity index (χ4v) is 3.75. The standard InChI is InChI=1S/C22H28N6/c1-23-22(25-11-9-18-16-26-20-7-3-2-6-19(18)20)27-15-17-8-10-24-21(14-17)28-12-4-5-13-28/h2-3,6-8,10,14,16,26H,4-5,9,11-13,15H2,1H3,(H2,23,25,27). The lowest BCUT2D eigenvalue weighted by Gasteiger charge is -2.17. The normalized spacial score (nSPS) is 14.6. The minimum atomic E-state index is 0.732. The zero-order valence-electron chi connectivity index (χ0n) is 16.4. The molecular weight excluding hydrogens is 348 g/mol. The van der Waals surface area contributed by atoms with Gasteiger partial charge in [-0.25, -0.2) is 4.98 Å². The van der Waals surface area contributed by atoms with Crippen LogP contribution < -0.4 is 15.5 Å². The van der Waals surface area contributed by atoms with Crippen molar-refractivity contribution in [2.75, 3.05) is 31.6 Å². The van der Waals surface area contributed by atoms with E-state index in [1.165, 1.54) is 34.9 Å². The first-order chi connectivity index (χ1) is 13.8. The van der Waals surface area contributed by atoms with Crippen LogP contribution in [0.1, 0.15) is 24.0 Å². The number of rotatable bonds is 6. The third-order valence-electron chi connectivity index (χ3n) is 5.29. The molecule has 4 rings (SSSR count). The van der Waals surface area contributed by atoms with Crippen LogP contribution in [0.25, 0.3) is 10.9 Å². The topological polar surface area (TPSA) is 68.3 Å². The number of para-hydroxylation sites is 1. The van der Waals surface area contributed by atoms with Crippen molar-refractivity contribution in [3.63, 3.8) is 0 Å². The summed E-state index contributed by atoms with van der Waals surface area (Å²) in [6.07, 6.45) is 7.46. The molecule has 0 spiro atoms. The Balaban J connectivity index is 1.28. The zero-order chi connectivity index (χ0) is 19.2. The van der Waals surface area contributed by atoms with Gasteiger partial charge in [-0.1, -0.05) is 18.2 Å². The van der Waals surface area contributed by atoms with Crippen molar-refractivity contribution in [3.8, 4) is 0 Å². The van der Waals surface area contributed by atoms with Gasteiger partial charge in [0.1, 0.15) is 5.82 Å². The Morgan fingerprint density at radius 1 is 1.18 bits per heavy atom. The molecule has 6 heteroatoms. The molecule has 3 N–H and O–H groups in total. The zero-order valence-corrected chi connectivity index (χ0v) is 16.4. The van der Waals surface area contributed by atoms with Crippen molar-refractivity contribution in [2.24, 2.45) is 4.99 Å². The number of aliphatic imine (C=N–C) groups is 1. The van der Waals surface area contributed by atoms with Crippen molar-refractivity contribution in [1.82, 2.24) is 20.6 Å². The quantitative estimate of drug-likeness (QED) is 0.457. The number of hydrogen-bond acceptors (Lipinski definition) is 3. The first-order valence-corrected chi connectivity index (χ1v) is 10.0. The van der Waals surface area contributed by atoms with Gasteiger partial charge in [-0.15, -0.1) is 0 Å². The molecule has 0 bridgehead atoms. The van der Waals surface area contributed by atoms with Crippen LogP contribution in [-0.2, 0) is 13.0 Å². The van der Waals surface area contributed by atoms with E-state index in [4.69, 9.17) is 0 Å². The lowest BCUT2D eigenvalue weighted by Crippen LogP contribution is -2.37. The van der Waals surface area contributed by atoms with Gasteiger partial charge in [0.05, 0.1) is 0 Å². The molecule has 0 radical (unpaired) electrons. The van der Waals surface area contributed by atoms with E-state index in [0.29, 0.717) is 0 Å². The summed E-state index contributed by atoms with van der Waals surface area (Å²) in [5, 5.41) is 8.11. The molecule has 146 valence electrons. The van der Waals surface area contributed by atoms with Crippen LogP contribution in [0.5, 0.6) is 0 Å². The molecule has 28 heavy (non-hydrogen) atoms. The highest BCUT2D eigenvalue weighted by Crippen LogP contribution is 2.19. The Morgan fingerprint density at radius 3 is 2.89 bits per heavy atom. The van der Waals surface area contributed by atoms with E-state index in [1.807, 2.05) is 13.2 Å². The van der Waals surface area contributed by atoms with Crippen LogP contribution in [0.15, 0.2) is 53.8 Å². The first kappa shape index (κ1) is 18.3. The van der Waals surface area contributed by atoms with Crippen LogP contribution in [0, 0.1) is 0 Å². The molecule has 2 aromatic heterocycles. The van der Waals surface area contributed by atoms with Gasteiger partial charge in [-0.3, -0.25) is 4.99 Å². The Morgan fingerprint density at radius 2 is 2.04 bits per heavy atom. The Hall–Kier alpha value is -3.02. The number of H-pyrrole nitrogens is 1. The van der Waals surface area contributed by atoms with Gasteiger partial charge in [0.25, 0.3) is 0 Å². The number of pyridine rings is 1. The molecule has 1 aliphatic heterocycles. The van der Waals surface area contributed by atoms with Gasteiger partial charge >= 0.3 is 0 Å². The number of nitrogens with zero attached hydrogens (tertiary/aromatic N) is 3. The van der Waals surface area contributed by atoms with Crippen molar-refractivity contribution in [2.45, 2.75) is 25.8 Å². The number of anilines is 1. The fraction of sp³-hybridized carbons (Fsp3) is 0.364. The van der Waals surface area contributed by atoms with Crippen LogP contribution in [0.3, 0.4) is 0 Å². The fourth-order valence-electron chi connectivity index (χ4n) is 3.75. The summed E-state index contributed by atoms with van der Waals surface area (Å²) in [7, 11) is 1.81. The third kappa shape index (κ3) is 4.27. The number of hydrogen-bond donors (Lipinski definition) is 3. The second kappa shape index (κ2) is 8.78. The lowest BCUT2D eigenvalue weighted by molar-refractivity contribution is 0.795. The van der Waals surface area contributed by atoms with Crippen LogP contribution >= 0.6 is 0 Å². The van der Waals surface area contributed by atoms with Gasteiger partial charge in [-0.2, -0.15) is 0 Å². The number of nitrogens with one attached hydrogen (secondary N) is 3. The van der Waals surface area contributed by atoms with E-state index >= 15 is 0 Å². The summed E-state index contributed by atoms with van der Waals surface area (Å²) >= 11 is 0. The Bertz CT molecular complexity index is 939. The van der Waals surface area contributed by atoms with E-state index in [9.17, 15) is 0 Å². The molecule has 0 amide bonds. The maximum Gasteiger partial charge on any atom is 0.191 e. The average molecular weight is 377 g/mol. The van der Waals surface area contributed by atoms with Gasteiger partial charge in [0.15, 0.2) is 5.96 Å². The monoisotopic (exact) mass is 376 g/mol. The summed E-state index contributed by atoms with van der Waals surface area (Å²) < 4.78 is 0. The number of aromatic amines is 1. The average Bonchev–Trinajstić information content (AvgIpc) is 3.41. The second-order valence-electron chi connectivity index (χ2n) is 7.18. The summed E-state index contributed by atoms with van der Waals surface area (Å²) in [6.45, 7) is 3.79. The highest BCUT2D eigenvalue weighted by Gasteiger charge is 2.13. The minimum absolute atomic E-state index is 0.732. The maximum atomic E-state index is 4.52. The van der Waals surface area contributed by atoms with E-state index in [2.05, 4.69) is 73.1 Å². The Kier molecular flexibility index (Phi) is 5.75. The molecule has 6 nitrogen and oxygen atoms in total. The van der Waals surface area contributed by atoms with Gasteiger partial charge in [-0.05, 0) is 48.6 Å². The van der Waals surface area contributed by atoms with Gasteiger partial charge in [0.2, 0.25) is 0 Å². The highest BCUT2D eigenvalue weighted by atomic mass is 15.2. The van der Waals surface area contributed by atoms with E-state index in [0.717, 1.165) is 44.4 Å². The van der Waals surface area contributed by atoms with Crippen molar-refractivity contribution in [3.05, 3.63) is 59.9 Å². The molecule has 1 fully saturated rings. The van der Waals surface area contributed by atoms with E-state index in [1.54, 1.807) is 0 Å². The van der Waals surface area contributed by atoms with Gasteiger partial charge < -0.3 is 20.5 Å². The predicted octanol–water partition coefficient (Wildman–Crippen LogP) is 3.07. The van der Waals surface area contributed by atoms with Crippen LogP contribution in [0.4, 0.5) is 5.82 Å². The summed E-state index contributed by atoms with van der Waals surface area (Å²) in [5.74, 6) is 1.90. The molecule has 1 aliphatic rings. The van der Waals surface area contributed by atoms with Crippen molar-refractivity contribution in [1.29, 1.82) is 0 Å². The minimum Gasteiger partial charge on any atom is -0.361 e. The second-order valence-corrected chi connectivity index (χ2v) is 7.18. The number of aromatic nitrogens is 2. The van der Waals surface area contributed by atoms with Crippen molar-refractivity contribution < 1.29 is 0 Å². The van der Waals surface area contributed by atoms with Crippen LogP contribution in [0.2, 0.25) is 0 Å². The largest absolute Gasteiger partial charge is 0.361 e. The molecule has 0 unspecified atom stereocenters. The Labute approximate surface area is 166 Å². The molecule has 3 heterocycles. The number of benzene rings is 1. The smallest absolute Gasteiger partial charge is 0.191 e. The van der Waals surface area contributed by atoms with Crippen molar-refractivity contribution >= 4 is 22.7 Å². The summed E-state index contributed by atoms with van der Waals surface area (Å²) in [6, 6.07) is 12.6. The summed E-state index contributed by atoms with van der Waals surface area (Å²) in [5.41, 5.74) is 3.73. The lowest BCUT2D eigenvalue weighted by atomic mass is 10.1. The molecule has 0 aliphatic carbocycles. The SMILES string of the molecule is CN=C(NCCc1c[nH]c2ccccc12)NCc1ccnc(N2CCCC2)c1. The maximum absolute atomic E-state index is 4.52. The van der Waals surface area contributed by atoms with Crippen LogP contribution in [-0.4, -0.2) is 42.6 Å². The first-order valence-electron chi connectivity index (χ1n) is 10.0. The number of guanidine groups is 1. The molecule has 0 saturated carbocycles. The predicted molar refractivity (Wildman–Crippen MR) is 116 cm³/mol.